The minimum absolute atomic E-state index is 0.163. The first kappa shape index (κ1) is 11.9. The molecule has 0 radical (unpaired) electrons. The van der Waals surface area contributed by atoms with Gasteiger partial charge >= 0.3 is 0 Å². The van der Waals surface area contributed by atoms with Crippen LogP contribution in [0.25, 0.3) is 11.1 Å². The van der Waals surface area contributed by atoms with Crippen LogP contribution >= 0.6 is 0 Å². The Hall–Kier alpha value is -2.13. The second kappa shape index (κ2) is 5.24. The van der Waals surface area contributed by atoms with Crippen molar-refractivity contribution in [3.63, 3.8) is 0 Å². The Balaban J connectivity index is 1.86. The first-order chi connectivity index (χ1) is 9.35. The number of aldehydes is 1. The van der Waals surface area contributed by atoms with Crippen molar-refractivity contribution >= 4 is 6.29 Å². The van der Waals surface area contributed by atoms with Crippen molar-refractivity contribution in [1.29, 1.82) is 0 Å². The summed E-state index contributed by atoms with van der Waals surface area (Å²) >= 11 is 0. The van der Waals surface area contributed by atoms with Crippen molar-refractivity contribution < 1.29 is 14.3 Å². The molecule has 96 valence electrons. The topological polar surface area (TPSA) is 35.5 Å². The number of carbonyl (C=O) groups is 1. The van der Waals surface area contributed by atoms with E-state index in [4.69, 9.17) is 9.47 Å². The van der Waals surface area contributed by atoms with E-state index in [2.05, 4.69) is 0 Å². The van der Waals surface area contributed by atoms with Crippen LogP contribution < -0.4 is 4.74 Å². The summed E-state index contributed by atoms with van der Waals surface area (Å²) in [5.74, 6) is 0.835. The fraction of sp³-hybridized carbons (Fsp3) is 0.188. The van der Waals surface area contributed by atoms with Crippen molar-refractivity contribution in [3.05, 3.63) is 54.1 Å². The Morgan fingerprint density at radius 1 is 1.05 bits per heavy atom. The fourth-order valence-corrected chi connectivity index (χ4v) is 2.02. The molecule has 0 N–H and O–H groups in total. The highest BCUT2D eigenvalue weighted by atomic mass is 16.6. The van der Waals surface area contributed by atoms with Gasteiger partial charge < -0.3 is 9.47 Å². The van der Waals surface area contributed by atoms with Gasteiger partial charge in [0.15, 0.2) is 0 Å². The summed E-state index contributed by atoms with van der Waals surface area (Å²) in [6, 6.07) is 15.4. The van der Waals surface area contributed by atoms with Crippen LogP contribution in [0.3, 0.4) is 0 Å². The average molecular weight is 254 g/mol. The molecule has 3 heteroatoms. The Morgan fingerprint density at radius 2 is 1.79 bits per heavy atom. The van der Waals surface area contributed by atoms with Crippen molar-refractivity contribution in [2.45, 2.75) is 6.10 Å². The van der Waals surface area contributed by atoms with Gasteiger partial charge in [0, 0.05) is 5.56 Å². The lowest BCUT2D eigenvalue weighted by Crippen LogP contribution is -2.38. The first-order valence-corrected chi connectivity index (χ1v) is 6.25. The maximum Gasteiger partial charge on any atom is 0.150 e. The van der Waals surface area contributed by atoms with Gasteiger partial charge in [-0.3, -0.25) is 4.79 Å². The Labute approximate surface area is 111 Å². The summed E-state index contributed by atoms with van der Waals surface area (Å²) in [6.07, 6.45) is 1.02. The molecule has 0 amide bonds. The molecule has 1 saturated heterocycles. The van der Waals surface area contributed by atoms with E-state index in [1.165, 1.54) is 0 Å². The normalized spacial score (nSPS) is 14.7. The molecule has 1 fully saturated rings. The third-order valence-electron chi connectivity index (χ3n) is 3.10. The highest BCUT2D eigenvalue weighted by molar-refractivity contribution is 5.79. The van der Waals surface area contributed by atoms with E-state index in [-0.39, 0.29) is 6.10 Å². The second-order valence-electron chi connectivity index (χ2n) is 4.55. The molecule has 0 atom stereocenters. The second-order valence-corrected chi connectivity index (χ2v) is 4.55. The van der Waals surface area contributed by atoms with Crippen LogP contribution in [0.4, 0.5) is 0 Å². The molecule has 0 aliphatic carbocycles. The lowest BCUT2D eigenvalue weighted by atomic mass is 10.0. The van der Waals surface area contributed by atoms with Gasteiger partial charge in [-0.2, -0.15) is 0 Å². The zero-order valence-corrected chi connectivity index (χ0v) is 10.4. The molecule has 3 rings (SSSR count). The highest BCUT2D eigenvalue weighted by Crippen LogP contribution is 2.25. The summed E-state index contributed by atoms with van der Waals surface area (Å²) in [7, 11) is 0. The predicted octanol–water partition coefficient (Wildman–Crippen LogP) is 2.94. The highest BCUT2D eigenvalue weighted by Gasteiger charge is 2.19. The third kappa shape index (κ3) is 2.66. The maximum atomic E-state index is 10.8. The molecule has 1 aliphatic rings. The molecule has 2 aromatic rings. The summed E-state index contributed by atoms with van der Waals surface area (Å²) in [5, 5.41) is 0. The van der Waals surface area contributed by atoms with E-state index >= 15 is 0 Å². The quantitative estimate of drug-likeness (QED) is 0.787. The van der Waals surface area contributed by atoms with Gasteiger partial charge in [-0.15, -0.1) is 0 Å². The van der Waals surface area contributed by atoms with Crippen molar-refractivity contribution in [2.24, 2.45) is 0 Å². The zero-order valence-electron chi connectivity index (χ0n) is 10.4. The van der Waals surface area contributed by atoms with E-state index in [0.29, 0.717) is 18.8 Å². The van der Waals surface area contributed by atoms with Gasteiger partial charge in [-0.25, -0.2) is 0 Å². The largest absolute Gasteiger partial charge is 0.486 e. The van der Waals surface area contributed by atoms with Gasteiger partial charge in [-0.05, 0) is 29.3 Å². The van der Waals surface area contributed by atoms with Gasteiger partial charge in [-0.1, -0.05) is 30.3 Å². The monoisotopic (exact) mass is 254 g/mol. The van der Waals surface area contributed by atoms with E-state index in [0.717, 1.165) is 23.2 Å². The smallest absolute Gasteiger partial charge is 0.150 e. The van der Waals surface area contributed by atoms with Crippen LogP contribution in [0.1, 0.15) is 10.4 Å². The number of ether oxygens (including phenoxy) is 2. The minimum atomic E-state index is 0.163. The Bertz CT molecular complexity index is 588. The lowest BCUT2D eigenvalue weighted by Gasteiger charge is -2.26. The molecule has 19 heavy (non-hydrogen) atoms. The molecule has 2 aromatic carbocycles. The van der Waals surface area contributed by atoms with Crippen LogP contribution in [-0.4, -0.2) is 25.6 Å². The number of benzene rings is 2. The summed E-state index contributed by atoms with van der Waals surface area (Å²) in [4.78, 5) is 10.8. The Kier molecular flexibility index (Phi) is 3.29. The predicted molar refractivity (Wildman–Crippen MR) is 72.5 cm³/mol. The minimum Gasteiger partial charge on any atom is -0.486 e. The maximum absolute atomic E-state index is 10.8. The van der Waals surface area contributed by atoms with E-state index in [1.807, 2.05) is 42.5 Å². The van der Waals surface area contributed by atoms with Gasteiger partial charge in [0.1, 0.15) is 18.1 Å². The molecule has 1 heterocycles. The zero-order chi connectivity index (χ0) is 13.1. The molecular weight excluding hydrogens is 240 g/mol. The molecule has 0 saturated carbocycles. The molecule has 1 aliphatic heterocycles. The number of hydrogen-bond donors (Lipinski definition) is 0. The van der Waals surface area contributed by atoms with Crippen molar-refractivity contribution in [2.75, 3.05) is 13.2 Å². The van der Waals surface area contributed by atoms with Crippen LogP contribution in [0.5, 0.6) is 5.75 Å². The molecule has 0 unspecified atom stereocenters. The van der Waals surface area contributed by atoms with E-state index < -0.39 is 0 Å². The van der Waals surface area contributed by atoms with Gasteiger partial charge in [0.05, 0.1) is 13.2 Å². The first-order valence-electron chi connectivity index (χ1n) is 6.25. The van der Waals surface area contributed by atoms with Crippen LogP contribution in [-0.2, 0) is 4.74 Å². The average Bonchev–Trinajstić information content (AvgIpc) is 2.43. The molecular formula is C16H14O3. The summed E-state index contributed by atoms with van der Waals surface area (Å²) in [6.45, 7) is 1.32. The van der Waals surface area contributed by atoms with Gasteiger partial charge in [0.2, 0.25) is 0 Å². The SMILES string of the molecule is O=Cc1cccc(-c2cccc(OC3COC3)c2)c1. The van der Waals surface area contributed by atoms with Crippen LogP contribution in [0.15, 0.2) is 48.5 Å². The standard InChI is InChI=1S/C16H14O3/c17-9-12-3-1-4-13(7-12)14-5-2-6-15(8-14)19-16-10-18-11-16/h1-9,16H,10-11H2. The van der Waals surface area contributed by atoms with E-state index in [1.54, 1.807) is 6.07 Å². The van der Waals surface area contributed by atoms with E-state index in [9.17, 15) is 4.79 Å². The lowest BCUT2D eigenvalue weighted by molar-refractivity contribution is -0.0796. The van der Waals surface area contributed by atoms with Gasteiger partial charge in [0.25, 0.3) is 0 Å². The summed E-state index contributed by atoms with van der Waals surface area (Å²) in [5.41, 5.74) is 2.73. The molecule has 0 bridgehead atoms. The molecule has 0 aromatic heterocycles. The fourth-order valence-electron chi connectivity index (χ4n) is 2.02. The molecule has 0 spiro atoms. The third-order valence-corrected chi connectivity index (χ3v) is 3.10. The van der Waals surface area contributed by atoms with Crippen molar-refractivity contribution in [3.8, 4) is 16.9 Å². The van der Waals surface area contributed by atoms with Crippen LogP contribution in [0, 0.1) is 0 Å². The number of rotatable bonds is 4. The number of carbonyl (C=O) groups excluding carboxylic acids is 1. The number of hydrogen-bond acceptors (Lipinski definition) is 3. The van der Waals surface area contributed by atoms with Crippen molar-refractivity contribution in [1.82, 2.24) is 0 Å². The Morgan fingerprint density at radius 3 is 2.47 bits per heavy atom. The van der Waals surface area contributed by atoms with Crippen LogP contribution in [0.2, 0.25) is 0 Å². The molecule has 3 nitrogen and oxygen atoms in total. The summed E-state index contributed by atoms with van der Waals surface area (Å²) < 4.78 is 10.9.